The van der Waals surface area contributed by atoms with Crippen molar-refractivity contribution >= 4 is 11.6 Å². The number of hydrogen-bond acceptors (Lipinski definition) is 4. The molecule has 0 aromatic heterocycles. The number of piperidine rings is 1. The first kappa shape index (κ1) is 23.4. The number of rotatable bonds is 8. The number of para-hydroxylation sites is 2. The molecule has 0 amide bonds. The van der Waals surface area contributed by atoms with Crippen LogP contribution in [0.4, 0.5) is 5.69 Å². The Morgan fingerprint density at radius 3 is 2.52 bits per heavy atom. The van der Waals surface area contributed by atoms with Gasteiger partial charge in [-0.3, -0.25) is 9.89 Å². The van der Waals surface area contributed by atoms with Crippen LogP contribution in [0.3, 0.4) is 0 Å². The van der Waals surface area contributed by atoms with Gasteiger partial charge in [-0.05, 0) is 49.8 Å². The van der Waals surface area contributed by atoms with E-state index in [-0.39, 0.29) is 0 Å². The van der Waals surface area contributed by atoms with Crippen molar-refractivity contribution in [2.24, 2.45) is 10.9 Å². The highest BCUT2D eigenvalue weighted by molar-refractivity contribution is 5.80. The van der Waals surface area contributed by atoms with Gasteiger partial charge in [0.25, 0.3) is 0 Å². The SMILES string of the molecule is CCNC(=NCC1CCN(c2ccccc2OC)C1)NC1CCN(Cc2ccccc2)CC1. The van der Waals surface area contributed by atoms with Crippen LogP contribution in [0.2, 0.25) is 0 Å². The molecule has 0 saturated carbocycles. The van der Waals surface area contributed by atoms with Crippen molar-refractivity contribution in [3.8, 4) is 5.75 Å². The van der Waals surface area contributed by atoms with E-state index in [1.807, 2.05) is 12.1 Å². The summed E-state index contributed by atoms with van der Waals surface area (Å²) in [6.07, 6.45) is 3.48. The molecule has 6 heteroatoms. The highest BCUT2D eigenvalue weighted by atomic mass is 16.5. The van der Waals surface area contributed by atoms with Crippen molar-refractivity contribution in [1.82, 2.24) is 15.5 Å². The van der Waals surface area contributed by atoms with Gasteiger partial charge in [0.15, 0.2) is 5.96 Å². The maximum Gasteiger partial charge on any atom is 0.191 e. The van der Waals surface area contributed by atoms with E-state index in [0.29, 0.717) is 12.0 Å². The van der Waals surface area contributed by atoms with E-state index in [1.165, 1.54) is 17.7 Å². The Kier molecular flexibility index (Phi) is 8.47. The molecule has 0 bridgehead atoms. The summed E-state index contributed by atoms with van der Waals surface area (Å²) >= 11 is 0. The Labute approximate surface area is 199 Å². The molecule has 2 aromatic rings. The van der Waals surface area contributed by atoms with Gasteiger partial charge >= 0.3 is 0 Å². The minimum Gasteiger partial charge on any atom is -0.495 e. The molecule has 2 aliphatic rings. The molecule has 2 aromatic carbocycles. The van der Waals surface area contributed by atoms with Crippen LogP contribution in [-0.4, -0.2) is 63.3 Å². The van der Waals surface area contributed by atoms with E-state index >= 15 is 0 Å². The second-order valence-electron chi connectivity index (χ2n) is 9.17. The molecule has 2 heterocycles. The zero-order chi connectivity index (χ0) is 22.9. The summed E-state index contributed by atoms with van der Waals surface area (Å²) in [4.78, 5) is 9.96. The van der Waals surface area contributed by atoms with Crippen molar-refractivity contribution < 1.29 is 4.74 Å². The van der Waals surface area contributed by atoms with Gasteiger partial charge in [-0.1, -0.05) is 42.5 Å². The molecule has 2 fully saturated rings. The lowest BCUT2D eigenvalue weighted by molar-refractivity contribution is 0.198. The third-order valence-electron chi connectivity index (χ3n) is 6.74. The zero-order valence-electron chi connectivity index (χ0n) is 20.2. The van der Waals surface area contributed by atoms with Gasteiger partial charge in [-0.15, -0.1) is 0 Å². The summed E-state index contributed by atoms with van der Waals surface area (Å²) in [6, 6.07) is 19.6. The van der Waals surface area contributed by atoms with Gasteiger partial charge in [0, 0.05) is 51.9 Å². The van der Waals surface area contributed by atoms with Crippen molar-refractivity contribution in [3.63, 3.8) is 0 Å². The maximum absolute atomic E-state index is 5.56. The summed E-state index contributed by atoms with van der Waals surface area (Å²) in [5.41, 5.74) is 2.59. The fourth-order valence-corrected chi connectivity index (χ4v) is 4.90. The van der Waals surface area contributed by atoms with Crippen LogP contribution in [0.5, 0.6) is 5.75 Å². The molecule has 0 radical (unpaired) electrons. The largest absolute Gasteiger partial charge is 0.495 e. The predicted octanol–water partition coefficient (Wildman–Crippen LogP) is 3.74. The molecule has 2 N–H and O–H groups in total. The molecule has 2 saturated heterocycles. The third-order valence-corrected chi connectivity index (χ3v) is 6.74. The summed E-state index contributed by atoms with van der Waals surface area (Å²) in [6.45, 7) is 9.27. The molecule has 4 rings (SSSR count). The molecule has 1 unspecified atom stereocenters. The quantitative estimate of drug-likeness (QED) is 0.475. The third kappa shape index (κ3) is 6.64. The summed E-state index contributed by atoms with van der Waals surface area (Å²) in [5.74, 6) is 2.49. The lowest BCUT2D eigenvalue weighted by Gasteiger charge is -2.33. The Hall–Kier alpha value is -2.73. The average Bonchev–Trinajstić information content (AvgIpc) is 3.33. The molecule has 0 spiro atoms. The number of nitrogens with one attached hydrogen (secondary N) is 2. The number of aliphatic imine (C=N–C) groups is 1. The van der Waals surface area contributed by atoms with Gasteiger partial charge in [0.2, 0.25) is 0 Å². The number of ether oxygens (including phenoxy) is 1. The van der Waals surface area contributed by atoms with Crippen molar-refractivity contribution in [3.05, 3.63) is 60.2 Å². The zero-order valence-corrected chi connectivity index (χ0v) is 20.2. The first-order valence-corrected chi connectivity index (χ1v) is 12.4. The molecular weight excluding hydrogens is 410 g/mol. The van der Waals surface area contributed by atoms with Crippen LogP contribution in [-0.2, 0) is 6.54 Å². The Morgan fingerprint density at radius 1 is 1.00 bits per heavy atom. The summed E-state index contributed by atoms with van der Waals surface area (Å²) in [7, 11) is 1.75. The monoisotopic (exact) mass is 449 g/mol. The Morgan fingerprint density at radius 2 is 1.76 bits per heavy atom. The topological polar surface area (TPSA) is 52.1 Å². The number of nitrogens with zero attached hydrogens (tertiary/aromatic N) is 3. The van der Waals surface area contributed by atoms with Crippen LogP contribution in [0.1, 0.15) is 31.7 Å². The second kappa shape index (κ2) is 11.9. The first-order chi connectivity index (χ1) is 16.2. The van der Waals surface area contributed by atoms with Gasteiger partial charge in [-0.25, -0.2) is 0 Å². The number of guanidine groups is 1. The summed E-state index contributed by atoms with van der Waals surface area (Å²) in [5, 5.41) is 7.16. The Balaban J connectivity index is 1.25. The van der Waals surface area contributed by atoms with Crippen molar-refractivity contribution in [1.29, 1.82) is 0 Å². The van der Waals surface area contributed by atoms with Crippen LogP contribution in [0.15, 0.2) is 59.6 Å². The molecule has 2 aliphatic heterocycles. The average molecular weight is 450 g/mol. The van der Waals surface area contributed by atoms with E-state index < -0.39 is 0 Å². The van der Waals surface area contributed by atoms with Crippen molar-refractivity contribution in [2.45, 2.75) is 38.8 Å². The number of hydrogen-bond donors (Lipinski definition) is 2. The van der Waals surface area contributed by atoms with Gasteiger partial charge in [0.1, 0.15) is 5.75 Å². The van der Waals surface area contributed by atoms with E-state index in [4.69, 9.17) is 9.73 Å². The van der Waals surface area contributed by atoms with Crippen molar-refractivity contribution in [2.75, 3.05) is 51.3 Å². The second-order valence-corrected chi connectivity index (χ2v) is 9.17. The number of benzene rings is 2. The number of methoxy groups -OCH3 is 1. The maximum atomic E-state index is 5.56. The van der Waals surface area contributed by atoms with E-state index in [2.05, 4.69) is 69.8 Å². The summed E-state index contributed by atoms with van der Waals surface area (Å²) < 4.78 is 5.56. The minimum atomic E-state index is 0.489. The molecule has 1 atom stereocenters. The minimum absolute atomic E-state index is 0.489. The lowest BCUT2D eigenvalue weighted by atomic mass is 10.0. The lowest BCUT2D eigenvalue weighted by Crippen LogP contribution is -2.48. The molecule has 6 nitrogen and oxygen atoms in total. The fraction of sp³-hybridized carbons (Fsp3) is 0.519. The fourth-order valence-electron chi connectivity index (χ4n) is 4.90. The number of anilines is 1. The molecule has 33 heavy (non-hydrogen) atoms. The van der Waals surface area contributed by atoms with Gasteiger partial charge < -0.3 is 20.3 Å². The smallest absolute Gasteiger partial charge is 0.191 e. The Bertz CT molecular complexity index is 879. The van der Waals surface area contributed by atoms with Gasteiger partial charge in [0.05, 0.1) is 12.8 Å². The highest BCUT2D eigenvalue weighted by Crippen LogP contribution is 2.32. The number of likely N-dealkylation sites (tertiary alicyclic amines) is 1. The van der Waals surface area contributed by atoms with Crippen LogP contribution in [0, 0.1) is 5.92 Å². The standard InChI is InChI=1S/C27H39N5O/c1-3-28-27(30-24-14-16-31(17-15-24)20-22-9-5-4-6-10-22)29-19-23-13-18-32(21-23)25-11-7-8-12-26(25)33-2/h4-12,23-24H,3,13-21H2,1-2H3,(H2,28,29,30). The molecular formula is C27H39N5O. The predicted molar refractivity (Wildman–Crippen MR) is 137 cm³/mol. The molecule has 0 aliphatic carbocycles. The van der Waals surface area contributed by atoms with E-state index in [1.54, 1.807) is 7.11 Å². The van der Waals surface area contributed by atoms with Crippen LogP contribution < -0.4 is 20.3 Å². The highest BCUT2D eigenvalue weighted by Gasteiger charge is 2.25. The normalized spacial score (nSPS) is 20.1. The van der Waals surface area contributed by atoms with Crippen LogP contribution in [0.25, 0.3) is 0 Å². The molecule has 178 valence electrons. The first-order valence-electron chi connectivity index (χ1n) is 12.4. The van der Waals surface area contributed by atoms with Crippen LogP contribution >= 0.6 is 0 Å². The van der Waals surface area contributed by atoms with E-state index in [0.717, 1.165) is 70.4 Å². The van der Waals surface area contributed by atoms with E-state index in [9.17, 15) is 0 Å². The van der Waals surface area contributed by atoms with Gasteiger partial charge in [-0.2, -0.15) is 0 Å².